The maximum atomic E-state index is 9.41. The first-order chi connectivity index (χ1) is 9.20. The summed E-state index contributed by atoms with van der Waals surface area (Å²) in [7, 11) is 0. The zero-order valence-corrected chi connectivity index (χ0v) is 11.0. The summed E-state index contributed by atoms with van der Waals surface area (Å²) in [5.74, 6) is -0.0108. The Kier molecular flexibility index (Phi) is 2.73. The zero-order valence-electron chi connectivity index (χ0n) is 10.2. The van der Waals surface area contributed by atoms with Gasteiger partial charge in [0.05, 0.1) is 5.56 Å². The van der Waals surface area contributed by atoms with Crippen molar-refractivity contribution in [1.29, 1.82) is 5.26 Å². The summed E-state index contributed by atoms with van der Waals surface area (Å²) < 4.78 is 0. The van der Waals surface area contributed by atoms with E-state index in [0.717, 1.165) is 24.0 Å². The topological polar surface area (TPSA) is 88.2 Å². The highest BCUT2D eigenvalue weighted by molar-refractivity contribution is 7.16. The lowest BCUT2D eigenvalue weighted by Gasteiger charge is -2.15. The van der Waals surface area contributed by atoms with Gasteiger partial charge in [-0.1, -0.05) is 24.3 Å². The van der Waals surface area contributed by atoms with E-state index in [1.165, 1.54) is 21.8 Å². The molecular weight excluding hydrogens is 256 g/mol. The number of nitrogens with two attached hydrogens (primary N) is 2. The predicted octanol–water partition coefficient (Wildman–Crippen LogP) is 2.29. The van der Waals surface area contributed by atoms with Gasteiger partial charge in [0.1, 0.15) is 11.1 Å². The molecular formula is C14H12N4S. The number of hydrogen-bond acceptors (Lipinski definition) is 3. The molecule has 4 nitrogen and oxygen atoms in total. The van der Waals surface area contributed by atoms with Crippen molar-refractivity contribution in [3.05, 3.63) is 40.3 Å². The first-order valence-corrected chi connectivity index (χ1v) is 6.76. The molecule has 0 aliphatic heterocycles. The van der Waals surface area contributed by atoms with Gasteiger partial charge in [-0.3, -0.25) is 0 Å². The Hall–Kier alpha value is -2.32. The third-order valence-corrected chi connectivity index (χ3v) is 4.36. The van der Waals surface area contributed by atoms with E-state index in [1.807, 2.05) is 12.1 Å². The van der Waals surface area contributed by atoms with Crippen molar-refractivity contribution in [3.8, 4) is 17.2 Å². The third-order valence-electron chi connectivity index (χ3n) is 3.21. The number of hydrogen-bond donors (Lipinski definition) is 2. The molecule has 1 aromatic carbocycles. The molecule has 19 heavy (non-hydrogen) atoms. The SMILES string of the molecule is N#Cc1c(N=C(N)N)sc2c1-c1ccccc1CC2. The third kappa shape index (κ3) is 1.86. The van der Waals surface area contributed by atoms with Crippen molar-refractivity contribution in [1.82, 2.24) is 0 Å². The first kappa shape index (κ1) is 11.8. The number of nitriles is 1. The average molecular weight is 268 g/mol. The molecule has 1 aliphatic carbocycles. The molecule has 0 atom stereocenters. The molecule has 1 aromatic heterocycles. The number of fused-ring (bicyclic) bond motifs is 3. The van der Waals surface area contributed by atoms with Crippen LogP contribution < -0.4 is 11.5 Å². The minimum absolute atomic E-state index is 0.0108. The smallest absolute Gasteiger partial charge is 0.192 e. The zero-order chi connectivity index (χ0) is 13.4. The summed E-state index contributed by atoms with van der Waals surface area (Å²) in [6.07, 6.45) is 1.93. The van der Waals surface area contributed by atoms with Gasteiger partial charge in [0.2, 0.25) is 0 Å². The quantitative estimate of drug-likeness (QED) is 0.614. The highest BCUT2D eigenvalue weighted by Crippen LogP contribution is 2.45. The highest BCUT2D eigenvalue weighted by Gasteiger charge is 2.24. The van der Waals surface area contributed by atoms with Crippen LogP contribution in [-0.4, -0.2) is 5.96 Å². The molecule has 5 heteroatoms. The van der Waals surface area contributed by atoms with Crippen LogP contribution in [0.1, 0.15) is 16.0 Å². The Balaban J connectivity index is 2.28. The van der Waals surface area contributed by atoms with Crippen LogP contribution in [-0.2, 0) is 12.8 Å². The van der Waals surface area contributed by atoms with E-state index in [0.29, 0.717) is 10.6 Å². The van der Waals surface area contributed by atoms with Gasteiger partial charge in [-0.05, 0) is 24.0 Å². The van der Waals surface area contributed by atoms with Crippen LogP contribution in [0.3, 0.4) is 0 Å². The fraction of sp³-hybridized carbons (Fsp3) is 0.143. The van der Waals surface area contributed by atoms with Gasteiger partial charge in [-0.25, -0.2) is 4.99 Å². The van der Waals surface area contributed by atoms with Gasteiger partial charge >= 0.3 is 0 Å². The molecule has 2 aromatic rings. The minimum atomic E-state index is -0.0108. The largest absolute Gasteiger partial charge is 0.370 e. The number of thiophene rings is 1. The molecule has 4 N–H and O–H groups in total. The van der Waals surface area contributed by atoms with Crippen molar-refractivity contribution < 1.29 is 0 Å². The molecule has 0 saturated heterocycles. The Morgan fingerprint density at radius 2 is 2.05 bits per heavy atom. The van der Waals surface area contributed by atoms with Crippen molar-refractivity contribution in [2.24, 2.45) is 16.5 Å². The van der Waals surface area contributed by atoms with Gasteiger partial charge in [0.25, 0.3) is 0 Å². The van der Waals surface area contributed by atoms with E-state index in [4.69, 9.17) is 11.5 Å². The number of guanidine groups is 1. The molecule has 1 heterocycles. The summed E-state index contributed by atoms with van der Waals surface area (Å²) in [6, 6.07) is 10.4. The van der Waals surface area contributed by atoms with Crippen molar-refractivity contribution in [3.63, 3.8) is 0 Å². The second kappa shape index (κ2) is 4.41. The Bertz CT molecular complexity index is 718. The second-order valence-electron chi connectivity index (χ2n) is 4.39. The lowest BCUT2D eigenvalue weighted by atomic mass is 9.88. The fourth-order valence-corrected chi connectivity index (χ4v) is 3.61. The number of nitrogens with zero attached hydrogens (tertiary/aromatic N) is 2. The lowest BCUT2D eigenvalue weighted by Crippen LogP contribution is -2.21. The summed E-state index contributed by atoms with van der Waals surface area (Å²) >= 11 is 1.51. The molecule has 0 amide bonds. The van der Waals surface area contributed by atoms with Gasteiger partial charge < -0.3 is 11.5 Å². The van der Waals surface area contributed by atoms with Gasteiger partial charge in [0, 0.05) is 10.4 Å². The molecule has 0 radical (unpaired) electrons. The summed E-state index contributed by atoms with van der Waals surface area (Å²) in [5.41, 5.74) is 14.9. The van der Waals surface area contributed by atoms with Crippen LogP contribution in [0, 0.1) is 11.3 Å². The molecule has 1 aliphatic rings. The van der Waals surface area contributed by atoms with E-state index < -0.39 is 0 Å². The van der Waals surface area contributed by atoms with Gasteiger partial charge in [-0.15, -0.1) is 11.3 Å². The maximum absolute atomic E-state index is 9.41. The molecule has 3 rings (SSSR count). The normalized spacial score (nSPS) is 12.2. The summed E-state index contributed by atoms with van der Waals surface area (Å²) in [6.45, 7) is 0. The van der Waals surface area contributed by atoms with Gasteiger partial charge in [-0.2, -0.15) is 5.26 Å². The number of aryl methyl sites for hydroxylation is 2. The molecule has 0 saturated carbocycles. The summed E-state index contributed by atoms with van der Waals surface area (Å²) in [5, 5.41) is 10.0. The standard InChI is InChI=1S/C14H12N4S/c15-7-10-12-9-4-2-1-3-8(9)5-6-11(12)19-13(10)18-14(16)17/h1-4H,5-6H2,(H4,16,17,18). The van der Waals surface area contributed by atoms with Crippen LogP contribution in [0.25, 0.3) is 11.1 Å². The van der Waals surface area contributed by atoms with E-state index in [9.17, 15) is 5.26 Å². The summed E-state index contributed by atoms with van der Waals surface area (Å²) in [4.78, 5) is 5.27. The number of aliphatic imine (C=N–C) groups is 1. The Labute approximate surface area is 115 Å². The fourth-order valence-electron chi connectivity index (χ4n) is 2.46. The van der Waals surface area contributed by atoms with Crippen molar-refractivity contribution in [2.75, 3.05) is 0 Å². The van der Waals surface area contributed by atoms with Crippen LogP contribution in [0.5, 0.6) is 0 Å². The first-order valence-electron chi connectivity index (χ1n) is 5.94. The van der Waals surface area contributed by atoms with E-state index in [1.54, 1.807) is 0 Å². The molecule has 0 spiro atoms. The van der Waals surface area contributed by atoms with Crippen molar-refractivity contribution in [2.45, 2.75) is 12.8 Å². The predicted molar refractivity (Wildman–Crippen MR) is 77.3 cm³/mol. The molecule has 0 bridgehead atoms. The van der Waals surface area contributed by atoms with Crippen LogP contribution in [0.2, 0.25) is 0 Å². The highest BCUT2D eigenvalue weighted by atomic mass is 32.1. The second-order valence-corrected chi connectivity index (χ2v) is 5.47. The molecule has 0 unspecified atom stereocenters. The lowest BCUT2D eigenvalue weighted by molar-refractivity contribution is 0.963. The Morgan fingerprint density at radius 1 is 1.26 bits per heavy atom. The van der Waals surface area contributed by atoms with E-state index in [-0.39, 0.29) is 5.96 Å². The number of benzene rings is 1. The molecule has 0 fully saturated rings. The van der Waals surface area contributed by atoms with Crippen LogP contribution in [0.4, 0.5) is 5.00 Å². The van der Waals surface area contributed by atoms with E-state index in [2.05, 4.69) is 23.2 Å². The van der Waals surface area contributed by atoms with Gasteiger partial charge in [0.15, 0.2) is 5.96 Å². The van der Waals surface area contributed by atoms with Crippen LogP contribution in [0.15, 0.2) is 29.3 Å². The van der Waals surface area contributed by atoms with Crippen molar-refractivity contribution >= 4 is 22.3 Å². The Morgan fingerprint density at radius 3 is 2.79 bits per heavy atom. The van der Waals surface area contributed by atoms with Crippen LogP contribution >= 0.6 is 11.3 Å². The number of rotatable bonds is 1. The maximum Gasteiger partial charge on any atom is 0.192 e. The van der Waals surface area contributed by atoms with E-state index >= 15 is 0 Å². The minimum Gasteiger partial charge on any atom is -0.370 e. The average Bonchev–Trinajstić information content (AvgIpc) is 2.75. The molecule has 94 valence electrons. The monoisotopic (exact) mass is 268 g/mol.